The maximum Gasteiger partial charge on any atom is 0.228 e. The van der Waals surface area contributed by atoms with Crippen molar-refractivity contribution in [3.05, 3.63) is 11.8 Å². The molecule has 0 N–H and O–H groups in total. The van der Waals surface area contributed by atoms with Crippen LogP contribution in [0.1, 0.15) is 64.3 Å². The predicted molar refractivity (Wildman–Crippen MR) is 92.3 cm³/mol. The zero-order valence-electron chi connectivity index (χ0n) is 14.5. The minimum absolute atomic E-state index is 0.118. The van der Waals surface area contributed by atoms with Gasteiger partial charge in [0.25, 0.3) is 0 Å². The van der Waals surface area contributed by atoms with E-state index < -0.39 is 0 Å². The van der Waals surface area contributed by atoms with Crippen molar-refractivity contribution in [1.82, 2.24) is 25.0 Å². The number of aromatic nitrogens is 5. The first kappa shape index (κ1) is 15.9. The summed E-state index contributed by atoms with van der Waals surface area (Å²) >= 11 is 1.64. The molecular weight excluding hydrogens is 324 g/mol. The molecule has 1 aliphatic heterocycles. The molecule has 0 spiro atoms. The standard InChI is InChI=1S/C16H24N6OS/c1-16(2,3)13-18-17-12(23-13)10-24-15-20-19-14(21-8-4-5-9-21)22(15)11-6-7-11/h11H,4-10H2,1-3H3. The summed E-state index contributed by atoms with van der Waals surface area (Å²) < 4.78 is 8.10. The minimum atomic E-state index is -0.118. The second-order valence-corrected chi connectivity index (χ2v) is 8.56. The normalized spacial score (nSPS) is 18.5. The van der Waals surface area contributed by atoms with E-state index in [1.165, 1.54) is 25.7 Å². The third kappa shape index (κ3) is 3.16. The average molecular weight is 348 g/mol. The molecule has 0 unspecified atom stereocenters. The van der Waals surface area contributed by atoms with E-state index in [0.29, 0.717) is 23.6 Å². The van der Waals surface area contributed by atoms with Gasteiger partial charge in [-0.25, -0.2) is 0 Å². The summed E-state index contributed by atoms with van der Waals surface area (Å²) in [5.41, 5.74) is -0.118. The van der Waals surface area contributed by atoms with Crippen molar-refractivity contribution < 1.29 is 4.42 Å². The monoisotopic (exact) mass is 348 g/mol. The molecule has 24 heavy (non-hydrogen) atoms. The fourth-order valence-electron chi connectivity index (χ4n) is 2.89. The van der Waals surface area contributed by atoms with Crippen molar-refractivity contribution in [2.24, 2.45) is 0 Å². The lowest BCUT2D eigenvalue weighted by molar-refractivity contribution is 0.378. The zero-order valence-corrected chi connectivity index (χ0v) is 15.3. The summed E-state index contributed by atoms with van der Waals surface area (Å²) in [6.45, 7) is 8.40. The molecule has 0 radical (unpaired) electrons. The molecule has 8 heteroatoms. The zero-order chi connectivity index (χ0) is 16.7. The molecule has 4 rings (SSSR count). The Morgan fingerprint density at radius 1 is 1.08 bits per heavy atom. The molecule has 0 bridgehead atoms. The largest absolute Gasteiger partial charge is 0.424 e. The van der Waals surface area contributed by atoms with E-state index >= 15 is 0 Å². The van der Waals surface area contributed by atoms with E-state index in [9.17, 15) is 0 Å². The minimum Gasteiger partial charge on any atom is -0.424 e. The van der Waals surface area contributed by atoms with E-state index in [2.05, 4.69) is 50.6 Å². The summed E-state index contributed by atoms with van der Waals surface area (Å²) in [5, 5.41) is 18.2. The Hall–Kier alpha value is -1.57. The highest BCUT2D eigenvalue weighted by atomic mass is 32.2. The second kappa shape index (κ2) is 6.06. The molecule has 2 aromatic rings. The molecular formula is C16H24N6OS. The van der Waals surface area contributed by atoms with Crippen molar-refractivity contribution in [2.45, 2.75) is 68.8 Å². The summed E-state index contributed by atoms with van der Waals surface area (Å²) in [6, 6.07) is 0.561. The highest BCUT2D eigenvalue weighted by molar-refractivity contribution is 7.98. The number of hydrogen-bond donors (Lipinski definition) is 0. The van der Waals surface area contributed by atoms with Gasteiger partial charge in [-0.3, -0.25) is 4.57 Å². The van der Waals surface area contributed by atoms with Crippen LogP contribution in [0.4, 0.5) is 5.95 Å². The van der Waals surface area contributed by atoms with Gasteiger partial charge in [-0.2, -0.15) is 0 Å². The smallest absolute Gasteiger partial charge is 0.228 e. The van der Waals surface area contributed by atoms with E-state index in [0.717, 1.165) is 24.2 Å². The number of nitrogens with zero attached hydrogens (tertiary/aromatic N) is 6. The molecule has 1 saturated carbocycles. The van der Waals surface area contributed by atoms with Crippen LogP contribution in [0.3, 0.4) is 0 Å². The molecule has 3 heterocycles. The first-order chi connectivity index (χ1) is 11.5. The molecule has 1 saturated heterocycles. The average Bonchev–Trinajstić information content (AvgIpc) is 3.00. The van der Waals surface area contributed by atoms with E-state index in [1.54, 1.807) is 11.8 Å². The van der Waals surface area contributed by atoms with Crippen LogP contribution in [-0.2, 0) is 11.2 Å². The Bertz CT molecular complexity index is 708. The fraction of sp³-hybridized carbons (Fsp3) is 0.750. The van der Waals surface area contributed by atoms with Gasteiger partial charge in [0.05, 0.1) is 5.75 Å². The van der Waals surface area contributed by atoms with Gasteiger partial charge in [-0.1, -0.05) is 32.5 Å². The molecule has 2 aromatic heterocycles. The molecule has 0 aromatic carbocycles. The second-order valence-electron chi connectivity index (χ2n) is 7.62. The third-order valence-corrected chi connectivity index (χ3v) is 5.31. The van der Waals surface area contributed by atoms with E-state index in [1.807, 2.05) is 0 Å². The van der Waals surface area contributed by atoms with E-state index in [4.69, 9.17) is 4.42 Å². The van der Waals surface area contributed by atoms with Gasteiger partial charge in [-0.05, 0) is 25.7 Å². The van der Waals surface area contributed by atoms with E-state index in [-0.39, 0.29) is 5.41 Å². The van der Waals surface area contributed by atoms with Gasteiger partial charge in [0, 0.05) is 24.5 Å². The van der Waals surface area contributed by atoms with Gasteiger partial charge in [0.1, 0.15) is 0 Å². The van der Waals surface area contributed by atoms with Crippen LogP contribution in [0.15, 0.2) is 9.57 Å². The Labute approximate surface area is 146 Å². The molecule has 2 fully saturated rings. The maximum absolute atomic E-state index is 5.78. The lowest BCUT2D eigenvalue weighted by Crippen LogP contribution is -2.22. The number of rotatable bonds is 5. The van der Waals surface area contributed by atoms with Crippen LogP contribution in [0.5, 0.6) is 0 Å². The van der Waals surface area contributed by atoms with Crippen molar-refractivity contribution in [1.29, 1.82) is 0 Å². The number of anilines is 1. The lowest BCUT2D eigenvalue weighted by atomic mass is 9.97. The van der Waals surface area contributed by atoms with Crippen molar-refractivity contribution in [2.75, 3.05) is 18.0 Å². The summed E-state index contributed by atoms with van der Waals surface area (Å²) in [4.78, 5) is 2.36. The first-order valence-corrected chi connectivity index (χ1v) is 9.66. The molecule has 0 amide bonds. The third-order valence-electron chi connectivity index (χ3n) is 4.38. The van der Waals surface area contributed by atoms with Gasteiger partial charge in [0.15, 0.2) is 5.16 Å². The van der Waals surface area contributed by atoms with Crippen LogP contribution >= 0.6 is 11.8 Å². The van der Waals surface area contributed by atoms with Gasteiger partial charge in [-0.15, -0.1) is 20.4 Å². The quantitative estimate of drug-likeness (QED) is 0.768. The van der Waals surface area contributed by atoms with Crippen LogP contribution in [-0.4, -0.2) is 38.1 Å². The van der Waals surface area contributed by atoms with Crippen LogP contribution in [0.25, 0.3) is 0 Å². The van der Waals surface area contributed by atoms with Crippen LogP contribution in [0.2, 0.25) is 0 Å². The Balaban J connectivity index is 1.49. The van der Waals surface area contributed by atoms with Gasteiger partial charge < -0.3 is 9.32 Å². The number of thioether (sulfide) groups is 1. The topological polar surface area (TPSA) is 72.9 Å². The van der Waals surface area contributed by atoms with Crippen molar-refractivity contribution in [3.63, 3.8) is 0 Å². The predicted octanol–water partition coefficient (Wildman–Crippen LogP) is 3.19. The SMILES string of the molecule is CC(C)(C)c1nnc(CSc2nnc(N3CCCC3)n2C2CC2)o1. The molecule has 2 aliphatic rings. The van der Waals surface area contributed by atoms with Gasteiger partial charge in [0.2, 0.25) is 17.7 Å². The molecule has 1 aliphatic carbocycles. The Kier molecular flexibility index (Phi) is 4.02. The highest BCUT2D eigenvalue weighted by Crippen LogP contribution is 2.41. The molecule has 7 nitrogen and oxygen atoms in total. The summed E-state index contributed by atoms with van der Waals surface area (Å²) in [7, 11) is 0. The maximum atomic E-state index is 5.78. The molecule has 0 atom stereocenters. The Morgan fingerprint density at radius 3 is 2.46 bits per heavy atom. The summed E-state index contributed by atoms with van der Waals surface area (Å²) in [6.07, 6.45) is 4.94. The molecule has 130 valence electrons. The van der Waals surface area contributed by atoms with Crippen molar-refractivity contribution >= 4 is 17.7 Å². The fourth-order valence-corrected chi connectivity index (χ4v) is 3.73. The summed E-state index contributed by atoms with van der Waals surface area (Å²) in [5.74, 6) is 3.00. The van der Waals surface area contributed by atoms with Crippen LogP contribution < -0.4 is 4.90 Å². The van der Waals surface area contributed by atoms with Crippen LogP contribution in [0, 0.1) is 0 Å². The first-order valence-electron chi connectivity index (χ1n) is 8.68. The Morgan fingerprint density at radius 2 is 1.83 bits per heavy atom. The highest BCUT2D eigenvalue weighted by Gasteiger charge is 2.32. The number of hydrogen-bond acceptors (Lipinski definition) is 7. The lowest BCUT2D eigenvalue weighted by Gasteiger charge is -2.17. The van der Waals surface area contributed by atoms with Gasteiger partial charge >= 0.3 is 0 Å². The van der Waals surface area contributed by atoms with Crippen molar-refractivity contribution in [3.8, 4) is 0 Å².